The molecule has 2 rings (SSSR count). The molecule has 1 aromatic heterocycles. The highest BCUT2D eigenvalue weighted by Gasteiger charge is 2.16. The predicted octanol–water partition coefficient (Wildman–Crippen LogP) is 2.05. The van der Waals surface area contributed by atoms with Crippen molar-refractivity contribution in [3.63, 3.8) is 0 Å². The van der Waals surface area contributed by atoms with Gasteiger partial charge in [0, 0.05) is 0 Å². The number of benzene rings is 1. The number of rotatable bonds is 1. The van der Waals surface area contributed by atoms with Crippen LogP contribution in [0.3, 0.4) is 0 Å². The van der Waals surface area contributed by atoms with E-state index < -0.39 is 11.8 Å². The molecule has 4 nitrogen and oxygen atoms in total. The molecular weight excluding hydrogens is 211 g/mol. The number of H-pyrrole nitrogens is 1. The van der Waals surface area contributed by atoms with Gasteiger partial charge in [-0.2, -0.15) is 5.10 Å². The highest BCUT2D eigenvalue weighted by atomic mass is 35.5. The molecular formula is C8H4ClFN2O2. The van der Waals surface area contributed by atoms with Crippen molar-refractivity contribution in [3.05, 3.63) is 28.7 Å². The van der Waals surface area contributed by atoms with Crippen molar-refractivity contribution in [2.75, 3.05) is 0 Å². The van der Waals surface area contributed by atoms with Crippen LogP contribution < -0.4 is 0 Å². The van der Waals surface area contributed by atoms with Crippen LogP contribution in [0, 0.1) is 5.82 Å². The fraction of sp³-hybridized carbons (Fsp3) is 0. The summed E-state index contributed by atoms with van der Waals surface area (Å²) in [4.78, 5) is 10.7. The molecule has 0 amide bonds. The molecule has 1 aromatic carbocycles. The number of nitrogens with zero attached hydrogens (tertiary/aromatic N) is 1. The molecule has 0 radical (unpaired) electrons. The molecule has 72 valence electrons. The Balaban J connectivity index is 2.85. The summed E-state index contributed by atoms with van der Waals surface area (Å²) in [5.74, 6) is -1.74. The zero-order valence-corrected chi connectivity index (χ0v) is 7.47. The smallest absolute Gasteiger partial charge is 0.357 e. The second kappa shape index (κ2) is 2.95. The summed E-state index contributed by atoms with van der Waals surface area (Å²) in [5.41, 5.74) is 0.0670. The van der Waals surface area contributed by atoms with Crippen LogP contribution in [0.1, 0.15) is 10.5 Å². The lowest BCUT2D eigenvalue weighted by molar-refractivity contribution is 0.0692. The molecule has 14 heavy (non-hydrogen) atoms. The third kappa shape index (κ3) is 1.22. The van der Waals surface area contributed by atoms with Crippen molar-refractivity contribution in [1.82, 2.24) is 10.2 Å². The van der Waals surface area contributed by atoms with Crippen LogP contribution in [-0.4, -0.2) is 21.3 Å². The van der Waals surface area contributed by atoms with E-state index in [1.54, 1.807) is 0 Å². The summed E-state index contributed by atoms with van der Waals surface area (Å²) in [6.07, 6.45) is 0. The van der Waals surface area contributed by atoms with Crippen LogP contribution in [0.4, 0.5) is 4.39 Å². The number of carboxylic acid groups (broad SMARTS) is 1. The first-order valence-corrected chi connectivity index (χ1v) is 4.04. The molecule has 2 aromatic rings. The highest BCUT2D eigenvalue weighted by Crippen LogP contribution is 2.26. The number of halogens is 2. The zero-order chi connectivity index (χ0) is 10.3. The lowest BCUT2D eigenvalue weighted by atomic mass is 10.2. The van der Waals surface area contributed by atoms with Crippen molar-refractivity contribution in [2.24, 2.45) is 0 Å². The van der Waals surface area contributed by atoms with Crippen LogP contribution in [0.25, 0.3) is 10.9 Å². The van der Waals surface area contributed by atoms with Gasteiger partial charge in [0.2, 0.25) is 0 Å². The van der Waals surface area contributed by atoms with E-state index in [-0.39, 0.29) is 21.6 Å². The Hall–Kier alpha value is -1.62. The molecule has 0 aliphatic rings. The van der Waals surface area contributed by atoms with E-state index in [0.29, 0.717) is 0 Å². The SMILES string of the molecule is O=C(O)c1n[nH]c2cc(F)cc(Cl)c12. The molecule has 6 heteroatoms. The second-order valence-electron chi connectivity index (χ2n) is 2.69. The topological polar surface area (TPSA) is 66.0 Å². The first kappa shape index (κ1) is 8.96. The first-order valence-electron chi connectivity index (χ1n) is 3.66. The summed E-state index contributed by atoms with van der Waals surface area (Å²) in [5, 5.41) is 14.9. The predicted molar refractivity (Wildman–Crippen MR) is 48.0 cm³/mol. The zero-order valence-electron chi connectivity index (χ0n) is 6.71. The maximum atomic E-state index is 12.8. The number of carbonyl (C=O) groups is 1. The van der Waals surface area contributed by atoms with Gasteiger partial charge in [-0.25, -0.2) is 9.18 Å². The average Bonchev–Trinajstić information content (AvgIpc) is 2.47. The first-order chi connectivity index (χ1) is 6.59. The van der Waals surface area contributed by atoms with E-state index in [9.17, 15) is 9.18 Å². The number of hydrogen-bond acceptors (Lipinski definition) is 2. The van der Waals surface area contributed by atoms with Gasteiger partial charge < -0.3 is 5.11 Å². The minimum Gasteiger partial charge on any atom is -0.476 e. The standard InChI is InChI=1S/C8H4ClFN2O2/c9-4-1-3(10)2-5-6(4)7(8(13)14)12-11-5/h1-2H,(H,11,12)(H,13,14). The lowest BCUT2D eigenvalue weighted by Gasteiger charge is -1.94. The van der Waals surface area contributed by atoms with Crippen LogP contribution in [-0.2, 0) is 0 Å². The van der Waals surface area contributed by atoms with E-state index in [4.69, 9.17) is 16.7 Å². The normalized spacial score (nSPS) is 10.7. The minimum atomic E-state index is -1.20. The Morgan fingerprint density at radius 1 is 1.57 bits per heavy atom. The third-order valence-electron chi connectivity index (χ3n) is 1.78. The van der Waals surface area contributed by atoms with Crippen LogP contribution in [0.2, 0.25) is 5.02 Å². The fourth-order valence-electron chi connectivity index (χ4n) is 1.23. The van der Waals surface area contributed by atoms with Gasteiger partial charge in [-0.1, -0.05) is 11.6 Å². The molecule has 0 atom stereocenters. The van der Waals surface area contributed by atoms with Crippen molar-refractivity contribution >= 4 is 28.5 Å². The molecule has 0 aliphatic heterocycles. The van der Waals surface area contributed by atoms with Gasteiger partial charge in [-0.15, -0.1) is 0 Å². The minimum absolute atomic E-state index is 0.0335. The Kier molecular flexibility index (Phi) is 1.89. The monoisotopic (exact) mass is 214 g/mol. The molecule has 0 saturated carbocycles. The number of aromatic amines is 1. The van der Waals surface area contributed by atoms with E-state index in [2.05, 4.69) is 10.2 Å². The number of aromatic carboxylic acids is 1. The van der Waals surface area contributed by atoms with Crippen molar-refractivity contribution in [2.45, 2.75) is 0 Å². The Labute approximate surface area is 82.3 Å². The molecule has 0 unspecified atom stereocenters. The van der Waals surface area contributed by atoms with Gasteiger partial charge in [-0.3, -0.25) is 5.10 Å². The second-order valence-corrected chi connectivity index (χ2v) is 3.09. The summed E-state index contributed by atoms with van der Waals surface area (Å²) < 4.78 is 12.8. The van der Waals surface area contributed by atoms with Crippen LogP contribution in [0.5, 0.6) is 0 Å². The molecule has 0 saturated heterocycles. The maximum absolute atomic E-state index is 12.8. The van der Waals surface area contributed by atoms with Crippen molar-refractivity contribution < 1.29 is 14.3 Å². The average molecular weight is 215 g/mol. The van der Waals surface area contributed by atoms with E-state index in [1.807, 2.05) is 0 Å². The number of fused-ring (bicyclic) bond motifs is 1. The van der Waals surface area contributed by atoms with Crippen molar-refractivity contribution in [3.8, 4) is 0 Å². The summed E-state index contributed by atoms with van der Waals surface area (Å²) in [6.45, 7) is 0. The molecule has 0 aliphatic carbocycles. The van der Waals surface area contributed by atoms with E-state index in [1.165, 1.54) is 0 Å². The number of nitrogens with one attached hydrogen (secondary N) is 1. The van der Waals surface area contributed by atoms with E-state index >= 15 is 0 Å². The Morgan fingerprint density at radius 3 is 2.93 bits per heavy atom. The Bertz CT molecular complexity index is 523. The van der Waals surface area contributed by atoms with Crippen LogP contribution >= 0.6 is 11.6 Å². The van der Waals surface area contributed by atoms with Gasteiger partial charge in [0.25, 0.3) is 0 Å². The van der Waals surface area contributed by atoms with E-state index in [0.717, 1.165) is 12.1 Å². The van der Waals surface area contributed by atoms with Gasteiger partial charge >= 0.3 is 5.97 Å². The van der Waals surface area contributed by atoms with Crippen LogP contribution in [0.15, 0.2) is 12.1 Å². The largest absolute Gasteiger partial charge is 0.476 e. The fourth-order valence-corrected chi connectivity index (χ4v) is 1.52. The van der Waals surface area contributed by atoms with Gasteiger partial charge in [-0.05, 0) is 12.1 Å². The summed E-state index contributed by atoms with van der Waals surface area (Å²) in [6, 6.07) is 2.19. The molecule has 0 bridgehead atoms. The molecule has 1 heterocycles. The quantitative estimate of drug-likeness (QED) is 0.764. The van der Waals surface area contributed by atoms with Gasteiger partial charge in [0.1, 0.15) is 5.82 Å². The number of carboxylic acids is 1. The molecule has 0 fully saturated rings. The maximum Gasteiger partial charge on any atom is 0.357 e. The highest BCUT2D eigenvalue weighted by molar-refractivity contribution is 6.36. The lowest BCUT2D eigenvalue weighted by Crippen LogP contribution is -1.97. The summed E-state index contributed by atoms with van der Waals surface area (Å²) >= 11 is 5.69. The third-order valence-corrected chi connectivity index (χ3v) is 2.08. The molecule has 2 N–H and O–H groups in total. The Morgan fingerprint density at radius 2 is 2.29 bits per heavy atom. The van der Waals surface area contributed by atoms with Gasteiger partial charge in [0.05, 0.1) is 15.9 Å². The van der Waals surface area contributed by atoms with Gasteiger partial charge in [0.15, 0.2) is 5.69 Å². The van der Waals surface area contributed by atoms with Crippen molar-refractivity contribution in [1.29, 1.82) is 0 Å². The molecule has 0 spiro atoms. The number of aromatic nitrogens is 2. The number of hydrogen-bond donors (Lipinski definition) is 2. The summed E-state index contributed by atoms with van der Waals surface area (Å²) in [7, 11) is 0.